The lowest BCUT2D eigenvalue weighted by Gasteiger charge is -2.33. The van der Waals surface area contributed by atoms with Crippen molar-refractivity contribution in [1.82, 2.24) is 24.4 Å². The van der Waals surface area contributed by atoms with Gasteiger partial charge in [0.1, 0.15) is 5.52 Å². The van der Waals surface area contributed by atoms with E-state index in [4.69, 9.17) is 38.9 Å². The second-order valence-electron chi connectivity index (χ2n) is 11.8. The number of primary amides is 1. The average Bonchev–Trinajstić information content (AvgIpc) is 3.36. The quantitative estimate of drug-likeness (QED) is 0.183. The summed E-state index contributed by atoms with van der Waals surface area (Å²) in [4.78, 5) is 28.4. The van der Waals surface area contributed by atoms with Crippen molar-refractivity contribution in [3.05, 3.63) is 69.8 Å². The second kappa shape index (κ2) is 13.0. The molecule has 2 aromatic heterocycles. The van der Waals surface area contributed by atoms with Gasteiger partial charge in [0, 0.05) is 31.1 Å². The molecular formula is C31H33Cl2F3N8O. The van der Waals surface area contributed by atoms with Crippen LogP contribution in [0, 0.1) is 5.92 Å². The van der Waals surface area contributed by atoms with Gasteiger partial charge in [-0.05, 0) is 62.8 Å². The molecule has 45 heavy (non-hydrogen) atoms. The Hall–Kier alpha value is -3.61. The summed E-state index contributed by atoms with van der Waals surface area (Å²) in [6.07, 6.45) is 1.48. The largest absolute Gasteiger partial charge is 0.416 e. The third-order valence-corrected chi connectivity index (χ3v) is 9.19. The number of piperidine rings is 1. The predicted molar refractivity (Wildman–Crippen MR) is 169 cm³/mol. The number of aromatic nitrogens is 4. The number of hydrogen-bond acceptors (Lipinski definition) is 7. The van der Waals surface area contributed by atoms with Gasteiger partial charge < -0.3 is 16.4 Å². The molecule has 0 bridgehead atoms. The van der Waals surface area contributed by atoms with Crippen molar-refractivity contribution in [2.24, 2.45) is 11.7 Å². The molecule has 2 fully saturated rings. The number of amides is 1. The van der Waals surface area contributed by atoms with Crippen LogP contribution in [0.5, 0.6) is 0 Å². The lowest BCUT2D eigenvalue weighted by atomic mass is 9.85. The highest BCUT2D eigenvalue weighted by Gasteiger charge is 2.33. The molecule has 4 aromatic rings. The highest BCUT2D eigenvalue weighted by Crippen LogP contribution is 2.42. The number of hydrogen-bond donors (Lipinski definition) is 3. The Kier molecular flexibility index (Phi) is 9.07. The molecule has 2 aliphatic rings. The molecule has 0 spiro atoms. The summed E-state index contributed by atoms with van der Waals surface area (Å²) >= 11 is 12.6. The third-order valence-electron chi connectivity index (χ3n) is 8.59. The van der Waals surface area contributed by atoms with Gasteiger partial charge in [-0.15, -0.1) is 0 Å². The summed E-state index contributed by atoms with van der Waals surface area (Å²) in [5.41, 5.74) is 7.03. The minimum atomic E-state index is -4.60. The van der Waals surface area contributed by atoms with E-state index in [-0.39, 0.29) is 39.6 Å². The van der Waals surface area contributed by atoms with E-state index in [1.807, 2.05) is 22.8 Å². The summed E-state index contributed by atoms with van der Waals surface area (Å²) in [5.74, 6) is 0.226. The molecule has 1 saturated heterocycles. The number of nitrogens with zero attached hydrogens (tertiary/aromatic N) is 5. The fourth-order valence-electron chi connectivity index (χ4n) is 6.32. The van der Waals surface area contributed by atoms with Crippen LogP contribution in [-0.4, -0.2) is 49.5 Å². The second-order valence-corrected chi connectivity index (χ2v) is 12.6. The molecule has 14 heteroatoms. The SMILES string of the molecule is NC(=O)C1CCC(n2c(Nc3c(Cl)cc(C(F)(F)F)cc3Cl)nc3cnc(N[C@@H]4CCCN(Cc5ccccc5)C4)nc32)CC1. The van der Waals surface area contributed by atoms with Crippen LogP contribution in [0.4, 0.5) is 30.8 Å². The van der Waals surface area contributed by atoms with Crippen molar-refractivity contribution in [2.75, 3.05) is 23.7 Å². The monoisotopic (exact) mass is 660 g/mol. The minimum Gasteiger partial charge on any atom is -0.369 e. The molecule has 1 amide bonds. The van der Waals surface area contributed by atoms with Gasteiger partial charge in [0.25, 0.3) is 0 Å². The molecule has 3 heterocycles. The van der Waals surface area contributed by atoms with Crippen molar-refractivity contribution in [3.63, 3.8) is 0 Å². The Morgan fingerprint density at radius 2 is 1.73 bits per heavy atom. The van der Waals surface area contributed by atoms with E-state index in [0.29, 0.717) is 48.7 Å². The average molecular weight is 662 g/mol. The Balaban J connectivity index is 1.29. The van der Waals surface area contributed by atoms with Gasteiger partial charge in [-0.3, -0.25) is 14.3 Å². The Morgan fingerprint density at radius 1 is 1.02 bits per heavy atom. The summed E-state index contributed by atoms with van der Waals surface area (Å²) in [6, 6.07) is 12.0. The molecule has 6 rings (SSSR count). The maximum Gasteiger partial charge on any atom is 0.416 e. The molecule has 0 radical (unpaired) electrons. The number of benzene rings is 2. The van der Waals surface area contributed by atoms with Gasteiger partial charge in [0.05, 0.1) is 27.5 Å². The maximum absolute atomic E-state index is 13.4. The molecule has 1 atom stereocenters. The highest BCUT2D eigenvalue weighted by molar-refractivity contribution is 6.39. The number of nitrogens with two attached hydrogens (primary N) is 1. The van der Waals surface area contributed by atoms with Crippen molar-refractivity contribution in [1.29, 1.82) is 0 Å². The first-order valence-corrected chi connectivity index (χ1v) is 15.7. The number of imidazole rings is 1. The molecule has 1 aliphatic heterocycles. The molecule has 0 unspecified atom stereocenters. The lowest BCUT2D eigenvalue weighted by molar-refractivity contribution is -0.137. The van der Waals surface area contributed by atoms with Crippen LogP contribution in [0.25, 0.3) is 11.2 Å². The molecule has 2 aromatic carbocycles. The van der Waals surface area contributed by atoms with Crippen molar-refractivity contribution < 1.29 is 18.0 Å². The van der Waals surface area contributed by atoms with Crippen LogP contribution < -0.4 is 16.4 Å². The zero-order chi connectivity index (χ0) is 31.7. The molecule has 238 valence electrons. The van der Waals surface area contributed by atoms with E-state index in [1.165, 1.54) is 5.56 Å². The van der Waals surface area contributed by atoms with Gasteiger partial charge in [0.2, 0.25) is 17.8 Å². The van der Waals surface area contributed by atoms with Crippen molar-refractivity contribution in [3.8, 4) is 0 Å². The zero-order valence-corrected chi connectivity index (χ0v) is 25.8. The first kappa shape index (κ1) is 31.4. The van der Waals surface area contributed by atoms with Gasteiger partial charge in [-0.25, -0.2) is 9.97 Å². The summed E-state index contributed by atoms with van der Waals surface area (Å²) in [6.45, 7) is 2.71. The lowest BCUT2D eigenvalue weighted by Crippen LogP contribution is -2.41. The van der Waals surface area contributed by atoms with Crippen LogP contribution >= 0.6 is 23.2 Å². The number of carbonyl (C=O) groups excluding carboxylic acids is 1. The first-order valence-electron chi connectivity index (χ1n) is 15.0. The minimum absolute atomic E-state index is 0.0979. The fourth-order valence-corrected chi connectivity index (χ4v) is 6.90. The van der Waals surface area contributed by atoms with E-state index >= 15 is 0 Å². The smallest absolute Gasteiger partial charge is 0.369 e. The van der Waals surface area contributed by atoms with Gasteiger partial charge in [0.15, 0.2) is 5.65 Å². The third kappa shape index (κ3) is 7.13. The van der Waals surface area contributed by atoms with Gasteiger partial charge in [-0.1, -0.05) is 53.5 Å². The fraction of sp³-hybridized carbons (Fsp3) is 0.419. The zero-order valence-electron chi connectivity index (χ0n) is 24.3. The summed E-state index contributed by atoms with van der Waals surface area (Å²) < 4.78 is 42.0. The summed E-state index contributed by atoms with van der Waals surface area (Å²) in [7, 11) is 0. The predicted octanol–water partition coefficient (Wildman–Crippen LogP) is 7.19. The Bertz CT molecular complexity index is 1650. The number of anilines is 3. The van der Waals surface area contributed by atoms with Gasteiger partial charge in [-0.2, -0.15) is 18.2 Å². The standard InChI is InChI=1S/C31H33Cl2F3N8O/c32-23-13-20(31(34,35)36)14-24(33)26(23)41-30-40-25-15-38-29(42-28(25)44(30)22-10-8-19(9-11-22)27(37)45)39-21-7-4-12-43(17-21)16-18-5-2-1-3-6-18/h1-3,5-6,13-15,19,21-22H,4,7-12,16-17H2,(H2,37,45)(H,40,41)(H,38,39,42)/t19?,21-,22?/m1/s1. The molecular weight excluding hydrogens is 628 g/mol. The number of fused-ring (bicyclic) bond motifs is 1. The van der Waals surface area contributed by atoms with Gasteiger partial charge >= 0.3 is 6.18 Å². The number of halogens is 5. The van der Waals surface area contributed by atoms with E-state index in [1.54, 1.807) is 6.20 Å². The maximum atomic E-state index is 13.4. The van der Waals surface area contributed by atoms with E-state index in [0.717, 1.165) is 44.6 Å². The van der Waals surface area contributed by atoms with E-state index in [9.17, 15) is 18.0 Å². The molecule has 9 nitrogen and oxygen atoms in total. The molecule has 1 aliphatic carbocycles. The Morgan fingerprint density at radius 3 is 2.40 bits per heavy atom. The van der Waals surface area contributed by atoms with Crippen LogP contribution in [0.1, 0.15) is 55.7 Å². The number of carbonyl (C=O) groups is 1. The number of likely N-dealkylation sites (tertiary alicyclic amines) is 1. The molecule has 1 saturated carbocycles. The van der Waals surface area contributed by atoms with Crippen molar-refractivity contribution >= 4 is 57.9 Å². The van der Waals surface area contributed by atoms with Crippen LogP contribution in [0.15, 0.2) is 48.7 Å². The number of alkyl halides is 3. The van der Waals surface area contributed by atoms with Crippen LogP contribution in [0.2, 0.25) is 10.0 Å². The topological polar surface area (TPSA) is 114 Å². The highest BCUT2D eigenvalue weighted by atomic mass is 35.5. The number of nitrogens with one attached hydrogen (secondary N) is 2. The van der Waals surface area contributed by atoms with Crippen LogP contribution in [0.3, 0.4) is 0 Å². The first-order chi connectivity index (χ1) is 21.5. The number of rotatable bonds is 8. The van der Waals surface area contributed by atoms with E-state index < -0.39 is 11.7 Å². The molecule has 4 N–H and O–H groups in total. The summed E-state index contributed by atoms with van der Waals surface area (Å²) in [5, 5.41) is 6.18. The Labute approximate surface area is 268 Å². The normalized spacial score (nSPS) is 21.1. The van der Waals surface area contributed by atoms with Crippen molar-refractivity contribution in [2.45, 2.75) is 63.3 Å². The van der Waals surface area contributed by atoms with E-state index in [2.05, 4.69) is 32.7 Å². The van der Waals surface area contributed by atoms with Crippen LogP contribution in [-0.2, 0) is 17.5 Å².